The number of para-hydroxylation sites is 1. The maximum atomic E-state index is 11.8. The Morgan fingerprint density at radius 3 is 2.37 bits per heavy atom. The van der Waals surface area contributed by atoms with Gasteiger partial charge in [-0.2, -0.15) is 0 Å². The van der Waals surface area contributed by atoms with Crippen LogP contribution in [0.25, 0.3) is 0 Å². The summed E-state index contributed by atoms with van der Waals surface area (Å²) >= 11 is 0. The molecule has 0 heterocycles. The number of nitrogens with one attached hydrogen (secondary N) is 1. The number of aliphatic hydroxyl groups is 1. The smallest absolute Gasteiger partial charge is 0.227 e. The summed E-state index contributed by atoms with van der Waals surface area (Å²) in [5, 5.41) is 12.7. The van der Waals surface area contributed by atoms with Gasteiger partial charge in [0.2, 0.25) is 5.91 Å². The molecule has 1 amide bonds. The van der Waals surface area contributed by atoms with Gasteiger partial charge in [0.25, 0.3) is 0 Å². The Morgan fingerprint density at radius 1 is 1.11 bits per heavy atom. The number of nitrogens with two attached hydrogens (primary N) is 1. The lowest BCUT2D eigenvalue weighted by molar-refractivity contribution is -0.118. The van der Waals surface area contributed by atoms with Crippen molar-refractivity contribution in [1.29, 1.82) is 0 Å². The van der Waals surface area contributed by atoms with E-state index >= 15 is 0 Å². The summed E-state index contributed by atoms with van der Waals surface area (Å²) in [5.74, 6) is -0.226. The van der Waals surface area contributed by atoms with E-state index in [9.17, 15) is 9.90 Å². The Hall–Kier alpha value is -2.33. The van der Waals surface area contributed by atoms with Crippen LogP contribution in [0.5, 0.6) is 0 Å². The topological polar surface area (TPSA) is 75.3 Å². The highest BCUT2D eigenvalue weighted by Gasteiger charge is 2.12. The van der Waals surface area contributed by atoms with Gasteiger partial charge >= 0.3 is 0 Å². The first-order chi connectivity index (χ1) is 9.15. The van der Waals surface area contributed by atoms with E-state index in [1.165, 1.54) is 0 Å². The quantitative estimate of drug-likeness (QED) is 0.735. The largest absolute Gasteiger partial charge is 0.399 e. The normalized spacial score (nSPS) is 11.8. The summed E-state index contributed by atoms with van der Waals surface area (Å²) in [4.78, 5) is 11.8. The van der Waals surface area contributed by atoms with Crippen molar-refractivity contribution in [3.8, 4) is 0 Å². The van der Waals surface area contributed by atoms with Crippen molar-refractivity contribution in [3.05, 3.63) is 60.2 Å². The minimum atomic E-state index is -0.829. The van der Waals surface area contributed by atoms with Gasteiger partial charge < -0.3 is 16.2 Å². The summed E-state index contributed by atoms with van der Waals surface area (Å²) in [6, 6.07) is 16.0. The molecule has 1 atom stereocenters. The van der Waals surface area contributed by atoms with E-state index in [2.05, 4.69) is 5.32 Å². The summed E-state index contributed by atoms with van der Waals surface area (Å²) in [6.45, 7) is 0. The van der Waals surface area contributed by atoms with E-state index < -0.39 is 6.10 Å². The second kappa shape index (κ2) is 6.02. The van der Waals surface area contributed by atoms with E-state index in [0.29, 0.717) is 11.3 Å². The first-order valence-electron chi connectivity index (χ1n) is 6.03. The van der Waals surface area contributed by atoms with Crippen LogP contribution in [-0.2, 0) is 4.79 Å². The molecule has 0 saturated carbocycles. The molecule has 2 aromatic rings. The molecule has 0 aliphatic rings. The lowest BCUT2D eigenvalue weighted by atomic mass is 10.1. The maximum absolute atomic E-state index is 11.8. The minimum absolute atomic E-state index is 0.0127. The average molecular weight is 256 g/mol. The van der Waals surface area contributed by atoms with Gasteiger partial charge in [0.1, 0.15) is 0 Å². The maximum Gasteiger partial charge on any atom is 0.227 e. The van der Waals surface area contributed by atoms with Crippen LogP contribution in [0.15, 0.2) is 54.6 Å². The molecule has 4 N–H and O–H groups in total. The lowest BCUT2D eigenvalue weighted by Crippen LogP contribution is -2.15. The number of aliphatic hydroxyl groups excluding tert-OH is 1. The number of hydrogen-bond donors (Lipinski definition) is 3. The van der Waals surface area contributed by atoms with Crippen LogP contribution >= 0.6 is 0 Å². The fraction of sp³-hybridized carbons (Fsp3) is 0.133. The number of benzene rings is 2. The minimum Gasteiger partial charge on any atom is -0.399 e. The SMILES string of the molecule is Nc1ccc(C(O)CC(=O)Nc2ccccc2)cc1. The van der Waals surface area contributed by atoms with E-state index in [-0.39, 0.29) is 12.3 Å². The van der Waals surface area contributed by atoms with Gasteiger partial charge in [-0.25, -0.2) is 0 Å². The van der Waals surface area contributed by atoms with Crippen LogP contribution in [0, 0.1) is 0 Å². The zero-order chi connectivity index (χ0) is 13.7. The summed E-state index contributed by atoms with van der Waals surface area (Å²) in [6.07, 6.45) is -0.817. The Balaban J connectivity index is 1.93. The molecule has 0 aromatic heterocycles. The first kappa shape index (κ1) is 13.1. The number of hydrogen-bond acceptors (Lipinski definition) is 3. The van der Waals surface area contributed by atoms with E-state index in [0.717, 1.165) is 5.69 Å². The van der Waals surface area contributed by atoms with Gasteiger partial charge in [-0.15, -0.1) is 0 Å². The third kappa shape index (κ3) is 3.82. The van der Waals surface area contributed by atoms with Gasteiger partial charge in [-0.3, -0.25) is 4.79 Å². The first-order valence-corrected chi connectivity index (χ1v) is 6.03. The second-order valence-electron chi connectivity index (χ2n) is 4.30. The predicted octanol–water partition coefficient (Wildman–Crippen LogP) is 2.33. The molecule has 0 fully saturated rings. The molecule has 0 aliphatic carbocycles. The average Bonchev–Trinajstić information content (AvgIpc) is 2.40. The van der Waals surface area contributed by atoms with Gasteiger partial charge in [-0.1, -0.05) is 30.3 Å². The van der Waals surface area contributed by atoms with Crippen molar-refractivity contribution in [2.45, 2.75) is 12.5 Å². The lowest BCUT2D eigenvalue weighted by Gasteiger charge is -2.11. The molecule has 0 spiro atoms. The third-order valence-corrected chi connectivity index (χ3v) is 2.76. The Labute approximate surface area is 111 Å². The highest BCUT2D eigenvalue weighted by atomic mass is 16.3. The molecule has 0 saturated heterocycles. The summed E-state index contributed by atoms with van der Waals surface area (Å²) in [7, 11) is 0. The molecular formula is C15H16N2O2. The highest BCUT2D eigenvalue weighted by molar-refractivity contribution is 5.91. The van der Waals surface area contributed by atoms with Crippen molar-refractivity contribution < 1.29 is 9.90 Å². The fourth-order valence-corrected chi connectivity index (χ4v) is 1.75. The van der Waals surface area contributed by atoms with Gasteiger partial charge in [0.15, 0.2) is 0 Å². The number of amides is 1. The van der Waals surface area contributed by atoms with Crippen LogP contribution in [0.4, 0.5) is 11.4 Å². The molecule has 19 heavy (non-hydrogen) atoms. The molecule has 0 radical (unpaired) electrons. The molecule has 1 unspecified atom stereocenters. The predicted molar refractivity (Wildman–Crippen MR) is 75.5 cm³/mol. The molecular weight excluding hydrogens is 240 g/mol. The van der Waals surface area contributed by atoms with Crippen LogP contribution in [0.3, 0.4) is 0 Å². The number of rotatable bonds is 4. The highest BCUT2D eigenvalue weighted by Crippen LogP contribution is 2.18. The third-order valence-electron chi connectivity index (χ3n) is 2.76. The Bertz CT molecular complexity index is 538. The number of anilines is 2. The Kier molecular flexibility index (Phi) is 4.15. The van der Waals surface area contributed by atoms with Gasteiger partial charge in [-0.05, 0) is 29.8 Å². The van der Waals surface area contributed by atoms with Crippen LogP contribution < -0.4 is 11.1 Å². The van der Waals surface area contributed by atoms with Crippen LogP contribution in [0.1, 0.15) is 18.1 Å². The molecule has 2 aromatic carbocycles. The number of carbonyl (C=O) groups excluding carboxylic acids is 1. The summed E-state index contributed by atoms with van der Waals surface area (Å²) in [5.41, 5.74) is 7.60. The molecule has 98 valence electrons. The van der Waals surface area contributed by atoms with Crippen molar-refractivity contribution in [2.24, 2.45) is 0 Å². The van der Waals surface area contributed by atoms with Crippen molar-refractivity contribution in [1.82, 2.24) is 0 Å². The second-order valence-corrected chi connectivity index (χ2v) is 4.30. The van der Waals surface area contributed by atoms with E-state index in [1.807, 2.05) is 18.2 Å². The van der Waals surface area contributed by atoms with Crippen molar-refractivity contribution in [2.75, 3.05) is 11.1 Å². The van der Waals surface area contributed by atoms with Crippen molar-refractivity contribution >= 4 is 17.3 Å². The van der Waals surface area contributed by atoms with E-state index in [1.54, 1.807) is 36.4 Å². The zero-order valence-electron chi connectivity index (χ0n) is 10.4. The van der Waals surface area contributed by atoms with Crippen LogP contribution in [-0.4, -0.2) is 11.0 Å². The Morgan fingerprint density at radius 2 is 1.74 bits per heavy atom. The molecule has 0 aliphatic heterocycles. The molecule has 4 nitrogen and oxygen atoms in total. The van der Waals surface area contributed by atoms with Crippen molar-refractivity contribution in [3.63, 3.8) is 0 Å². The molecule has 4 heteroatoms. The van der Waals surface area contributed by atoms with Gasteiger partial charge in [0.05, 0.1) is 12.5 Å². The number of carbonyl (C=O) groups is 1. The molecule has 2 rings (SSSR count). The standard InChI is InChI=1S/C15H16N2O2/c16-12-8-6-11(7-9-12)14(18)10-15(19)17-13-4-2-1-3-5-13/h1-9,14,18H,10,16H2,(H,17,19). The summed E-state index contributed by atoms with van der Waals surface area (Å²) < 4.78 is 0. The zero-order valence-corrected chi connectivity index (χ0v) is 10.4. The van der Waals surface area contributed by atoms with Crippen LogP contribution in [0.2, 0.25) is 0 Å². The van der Waals surface area contributed by atoms with Gasteiger partial charge in [0, 0.05) is 11.4 Å². The monoisotopic (exact) mass is 256 g/mol. The fourth-order valence-electron chi connectivity index (χ4n) is 1.75. The molecule has 0 bridgehead atoms. The number of nitrogen functional groups attached to an aromatic ring is 1. The van der Waals surface area contributed by atoms with E-state index in [4.69, 9.17) is 5.73 Å².